The molecule has 0 saturated carbocycles. The van der Waals surface area contributed by atoms with Gasteiger partial charge >= 0.3 is 0 Å². The minimum Gasteiger partial charge on any atom is -0.361 e. The molecule has 5 heteroatoms. The van der Waals surface area contributed by atoms with Gasteiger partial charge < -0.3 is 9.47 Å². The van der Waals surface area contributed by atoms with Gasteiger partial charge in [0.25, 0.3) is 5.91 Å². The van der Waals surface area contributed by atoms with Gasteiger partial charge in [-0.05, 0) is 6.07 Å². The molecule has 2 N–H and O–H groups in total. The average Bonchev–Trinajstić information content (AvgIpc) is 2.70. The van der Waals surface area contributed by atoms with Crippen LogP contribution in [0.25, 0.3) is 10.9 Å². The van der Waals surface area contributed by atoms with Crippen LogP contribution in [-0.2, 0) is 4.79 Å². The molecule has 2 rings (SSSR count). The maximum absolute atomic E-state index is 11.6. The van der Waals surface area contributed by atoms with Gasteiger partial charge in [0, 0.05) is 22.7 Å². The van der Waals surface area contributed by atoms with Crippen LogP contribution in [0.15, 0.2) is 35.6 Å². The number of para-hydroxylation sites is 1. The van der Waals surface area contributed by atoms with Gasteiger partial charge in [-0.25, -0.2) is 5.43 Å². The van der Waals surface area contributed by atoms with Gasteiger partial charge in [-0.2, -0.15) is 5.10 Å². The van der Waals surface area contributed by atoms with Crippen LogP contribution in [0.4, 0.5) is 0 Å². The summed E-state index contributed by atoms with van der Waals surface area (Å²) < 4.78 is 0.578. The van der Waals surface area contributed by atoms with Crippen LogP contribution in [0.3, 0.4) is 0 Å². The minimum atomic E-state index is -0.0939. The molecule has 1 aromatic heterocycles. The van der Waals surface area contributed by atoms with E-state index in [1.165, 1.54) is 0 Å². The highest BCUT2D eigenvalue weighted by Crippen LogP contribution is 2.15. The van der Waals surface area contributed by atoms with Crippen molar-refractivity contribution in [3.63, 3.8) is 0 Å². The summed E-state index contributed by atoms with van der Waals surface area (Å²) in [7, 11) is 5.88. The Balaban J connectivity index is 2.01. The van der Waals surface area contributed by atoms with E-state index < -0.39 is 0 Å². The van der Waals surface area contributed by atoms with E-state index in [9.17, 15) is 4.79 Å². The Labute approximate surface area is 112 Å². The number of hydrogen-bond donors (Lipinski definition) is 2. The number of quaternary nitrogens is 1. The summed E-state index contributed by atoms with van der Waals surface area (Å²) >= 11 is 0. The Kier molecular flexibility index (Phi) is 3.66. The van der Waals surface area contributed by atoms with E-state index in [1.54, 1.807) is 6.21 Å². The smallest absolute Gasteiger partial charge is 0.295 e. The van der Waals surface area contributed by atoms with Crippen LogP contribution in [0.1, 0.15) is 5.56 Å². The van der Waals surface area contributed by atoms with Crippen LogP contribution in [0.5, 0.6) is 0 Å². The topological polar surface area (TPSA) is 57.2 Å². The van der Waals surface area contributed by atoms with Crippen molar-refractivity contribution in [3.8, 4) is 0 Å². The third kappa shape index (κ3) is 3.66. The highest BCUT2D eigenvalue weighted by Gasteiger charge is 2.13. The first kappa shape index (κ1) is 13.3. The Morgan fingerprint density at radius 3 is 2.84 bits per heavy atom. The largest absolute Gasteiger partial charge is 0.361 e. The second kappa shape index (κ2) is 5.24. The number of nitrogens with zero attached hydrogens (tertiary/aromatic N) is 2. The van der Waals surface area contributed by atoms with Crippen LogP contribution in [-0.4, -0.2) is 49.3 Å². The molecule has 0 aliphatic heterocycles. The lowest BCUT2D eigenvalue weighted by atomic mass is 10.2. The van der Waals surface area contributed by atoms with Gasteiger partial charge in [-0.3, -0.25) is 4.79 Å². The molecular weight excluding hydrogens is 240 g/mol. The summed E-state index contributed by atoms with van der Waals surface area (Å²) in [6.45, 7) is 0.394. The van der Waals surface area contributed by atoms with Gasteiger partial charge in [0.15, 0.2) is 6.54 Å². The van der Waals surface area contributed by atoms with Gasteiger partial charge in [-0.15, -0.1) is 0 Å². The number of amides is 1. The molecule has 1 amide bonds. The predicted molar refractivity (Wildman–Crippen MR) is 76.9 cm³/mol. The van der Waals surface area contributed by atoms with Gasteiger partial charge in [0.2, 0.25) is 0 Å². The fourth-order valence-corrected chi connectivity index (χ4v) is 1.84. The Morgan fingerprint density at radius 2 is 2.11 bits per heavy atom. The molecule has 0 unspecified atom stereocenters. The molecule has 0 radical (unpaired) electrons. The molecule has 5 nitrogen and oxygen atoms in total. The first-order valence-electron chi connectivity index (χ1n) is 6.14. The molecule has 100 valence electrons. The molecule has 0 fully saturated rings. The third-order valence-electron chi connectivity index (χ3n) is 2.63. The lowest BCUT2D eigenvalue weighted by molar-refractivity contribution is -0.862. The number of nitrogens with one attached hydrogen (secondary N) is 2. The Bertz CT molecular complexity index is 607. The number of benzene rings is 1. The summed E-state index contributed by atoms with van der Waals surface area (Å²) in [5.74, 6) is -0.0939. The monoisotopic (exact) mass is 259 g/mol. The van der Waals surface area contributed by atoms with E-state index in [0.717, 1.165) is 16.5 Å². The first-order chi connectivity index (χ1) is 8.96. The molecule has 0 aliphatic carbocycles. The van der Waals surface area contributed by atoms with Crippen molar-refractivity contribution in [3.05, 3.63) is 36.0 Å². The molecule has 1 heterocycles. The number of rotatable bonds is 4. The van der Waals surface area contributed by atoms with Crippen molar-refractivity contribution in [2.45, 2.75) is 0 Å². The van der Waals surface area contributed by atoms with Crippen molar-refractivity contribution in [2.75, 3.05) is 27.7 Å². The predicted octanol–water partition coefficient (Wildman–Crippen LogP) is 1.32. The summed E-state index contributed by atoms with van der Waals surface area (Å²) in [5.41, 5.74) is 4.56. The molecule has 2 aromatic rings. The van der Waals surface area contributed by atoms with Crippen LogP contribution >= 0.6 is 0 Å². The Hall–Kier alpha value is -2.14. The highest BCUT2D eigenvalue weighted by molar-refractivity contribution is 5.99. The zero-order valence-corrected chi connectivity index (χ0v) is 11.5. The maximum Gasteiger partial charge on any atom is 0.295 e. The van der Waals surface area contributed by atoms with E-state index in [2.05, 4.69) is 15.5 Å². The lowest BCUT2D eigenvalue weighted by Crippen LogP contribution is -2.43. The highest BCUT2D eigenvalue weighted by atomic mass is 16.2. The maximum atomic E-state index is 11.6. The van der Waals surface area contributed by atoms with Crippen molar-refractivity contribution >= 4 is 23.0 Å². The third-order valence-corrected chi connectivity index (χ3v) is 2.63. The van der Waals surface area contributed by atoms with Crippen LogP contribution in [0.2, 0.25) is 0 Å². The number of fused-ring (bicyclic) bond motifs is 1. The number of likely N-dealkylation sites (N-methyl/N-ethyl adjacent to an activating group) is 1. The normalized spacial score (nSPS) is 12.2. The summed E-state index contributed by atoms with van der Waals surface area (Å²) in [4.78, 5) is 14.8. The van der Waals surface area contributed by atoms with Crippen molar-refractivity contribution in [1.29, 1.82) is 0 Å². The SMILES string of the molecule is C[N+](C)(C)CC(=O)N/N=C/c1c[nH]c2ccccc12. The second-order valence-corrected chi connectivity index (χ2v) is 5.53. The molecule has 19 heavy (non-hydrogen) atoms. The molecule has 1 aromatic carbocycles. The van der Waals surface area contributed by atoms with Crippen molar-refractivity contribution < 1.29 is 9.28 Å². The minimum absolute atomic E-state index is 0.0939. The fourth-order valence-electron chi connectivity index (χ4n) is 1.84. The van der Waals surface area contributed by atoms with Gasteiger partial charge in [-0.1, -0.05) is 18.2 Å². The van der Waals surface area contributed by atoms with E-state index in [1.807, 2.05) is 51.6 Å². The molecule has 0 saturated heterocycles. The van der Waals surface area contributed by atoms with Crippen molar-refractivity contribution in [1.82, 2.24) is 10.4 Å². The average molecular weight is 259 g/mol. The number of aromatic amines is 1. The molecule has 0 atom stereocenters. The number of carbonyl (C=O) groups is 1. The standard InChI is InChI=1S/C14H18N4O/c1-18(2,3)10-14(19)17-16-9-11-8-15-13-7-5-4-6-12(11)13/h4-9H,10H2,1-3H3,(H-,15,16,17,19)/p+1. The zero-order chi connectivity index (χ0) is 13.9. The fraction of sp³-hybridized carbons (Fsp3) is 0.286. The number of H-pyrrole nitrogens is 1. The number of hydrogen-bond acceptors (Lipinski definition) is 2. The lowest BCUT2D eigenvalue weighted by Gasteiger charge is -2.21. The first-order valence-corrected chi connectivity index (χ1v) is 6.14. The summed E-state index contributed by atoms with van der Waals surface area (Å²) in [6.07, 6.45) is 3.53. The van der Waals surface area contributed by atoms with E-state index >= 15 is 0 Å². The molecule has 0 bridgehead atoms. The Morgan fingerprint density at radius 1 is 1.37 bits per heavy atom. The quantitative estimate of drug-likeness (QED) is 0.486. The summed E-state index contributed by atoms with van der Waals surface area (Å²) in [6, 6.07) is 7.97. The zero-order valence-electron chi connectivity index (χ0n) is 11.5. The number of carbonyl (C=O) groups excluding carboxylic acids is 1. The van der Waals surface area contributed by atoms with Crippen molar-refractivity contribution in [2.24, 2.45) is 5.10 Å². The number of aromatic nitrogens is 1. The molecule has 0 aliphatic rings. The van der Waals surface area contributed by atoms with E-state index in [0.29, 0.717) is 11.0 Å². The number of hydrazone groups is 1. The second-order valence-electron chi connectivity index (χ2n) is 5.53. The van der Waals surface area contributed by atoms with Crippen LogP contribution < -0.4 is 5.43 Å². The molecule has 0 spiro atoms. The summed E-state index contributed by atoms with van der Waals surface area (Å²) in [5, 5.41) is 5.08. The van der Waals surface area contributed by atoms with E-state index in [-0.39, 0.29) is 5.91 Å². The van der Waals surface area contributed by atoms with Crippen LogP contribution in [0, 0.1) is 0 Å². The van der Waals surface area contributed by atoms with Gasteiger partial charge in [0.1, 0.15) is 0 Å². The van der Waals surface area contributed by atoms with Gasteiger partial charge in [0.05, 0.1) is 27.4 Å². The van der Waals surface area contributed by atoms with E-state index in [4.69, 9.17) is 0 Å². The molecular formula is C14H19N4O+.